The molecule has 0 amide bonds. The average molecular weight is 519 g/mol. The number of hydrogen-bond acceptors (Lipinski definition) is 1. The topological polar surface area (TPSA) is 9.23 Å². The van der Waals surface area contributed by atoms with E-state index in [0.717, 1.165) is 32.3 Å². The number of aryl methyl sites for hydroxylation is 2. The van der Waals surface area contributed by atoms with Crippen LogP contribution in [0, 0.1) is 13.8 Å². The second kappa shape index (κ2) is 9.92. The fourth-order valence-corrected chi connectivity index (χ4v) is 4.28. The van der Waals surface area contributed by atoms with Gasteiger partial charge in [0.25, 0.3) is 0 Å². The lowest BCUT2D eigenvalue weighted by molar-refractivity contribution is -0.139. The Morgan fingerprint density at radius 1 is 0.848 bits per heavy atom. The number of alkyl halides is 3. The Morgan fingerprint density at radius 3 is 1.88 bits per heavy atom. The molecule has 1 atom stereocenters. The smallest absolute Gasteiger partial charge is 0.389 e. The van der Waals surface area contributed by atoms with E-state index in [1.54, 1.807) is 12.1 Å². The summed E-state index contributed by atoms with van der Waals surface area (Å²) in [6, 6.07) is 19.6. The molecule has 3 aromatic rings. The van der Waals surface area contributed by atoms with Crippen molar-refractivity contribution in [2.24, 2.45) is 0 Å². The van der Waals surface area contributed by atoms with Gasteiger partial charge in [-0.25, -0.2) is 0 Å². The van der Waals surface area contributed by atoms with Gasteiger partial charge in [-0.2, -0.15) is 13.2 Å². The maximum atomic E-state index is 12.9. The summed E-state index contributed by atoms with van der Waals surface area (Å²) in [4.78, 5) is 0. The molecule has 0 aliphatic heterocycles. The van der Waals surface area contributed by atoms with Crippen molar-refractivity contribution < 1.29 is 17.9 Å². The van der Waals surface area contributed by atoms with Crippen molar-refractivity contribution in [2.45, 2.75) is 65.2 Å². The van der Waals surface area contributed by atoms with Crippen LogP contribution in [-0.2, 0) is 5.41 Å². The Kier molecular flexibility index (Phi) is 7.62. The Labute approximate surface area is 203 Å². The Hall–Kier alpha value is -2.27. The first-order chi connectivity index (χ1) is 15.3. The summed E-state index contributed by atoms with van der Waals surface area (Å²) in [5.74, 6) is 0.579. The maximum absolute atomic E-state index is 12.9. The van der Waals surface area contributed by atoms with E-state index in [4.69, 9.17) is 4.74 Å². The van der Waals surface area contributed by atoms with Gasteiger partial charge < -0.3 is 4.74 Å². The van der Waals surface area contributed by atoms with E-state index in [2.05, 4.69) is 61.0 Å². The number of rotatable bonds is 6. The summed E-state index contributed by atoms with van der Waals surface area (Å²) in [7, 11) is 0. The third-order valence-corrected chi connectivity index (χ3v) is 6.28. The van der Waals surface area contributed by atoms with Crippen LogP contribution >= 0.6 is 15.9 Å². The summed E-state index contributed by atoms with van der Waals surface area (Å²) in [6.45, 7) is 10.6. The molecule has 0 saturated heterocycles. The first-order valence-corrected chi connectivity index (χ1v) is 11.8. The minimum Gasteiger partial charge on any atom is -0.486 e. The molecule has 0 aliphatic carbocycles. The predicted octanol–water partition coefficient (Wildman–Crippen LogP) is 9.49. The number of benzene rings is 3. The van der Waals surface area contributed by atoms with Gasteiger partial charge in [-0.1, -0.05) is 73.1 Å². The van der Waals surface area contributed by atoms with Crippen LogP contribution < -0.4 is 4.74 Å². The first-order valence-electron chi connectivity index (χ1n) is 11.0. The fourth-order valence-electron chi connectivity index (χ4n) is 4.01. The van der Waals surface area contributed by atoms with Crippen molar-refractivity contribution in [3.05, 3.63) is 87.4 Å². The molecule has 0 unspecified atom stereocenters. The van der Waals surface area contributed by atoms with E-state index < -0.39 is 18.7 Å². The van der Waals surface area contributed by atoms with Crippen molar-refractivity contribution >= 4 is 15.9 Å². The maximum Gasteiger partial charge on any atom is 0.389 e. The summed E-state index contributed by atoms with van der Waals surface area (Å²) in [5, 5.41) is 0. The van der Waals surface area contributed by atoms with E-state index in [9.17, 15) is 13.2 Å². The van der Waals surface area contributed by atoms with E-state index >= 15 is 0 Å². The molecule has 3 aromatic carbocycles. The van der Waals surface area contributed by atoms with Gasteiger partial charge >= 0.3 is 6.18 Å². The van der Waals surface area contributed by atoms with Crippen molar-refractivity contribution in [3.8, 4) is 16.9 Å². The van der Waals surface area contributed by atoms with Crippen LogP contribution in [0.2, 0.25) is 0 Å². The van der Waals surface area contributed by atoms with Crippen LogP contribution in [0.1, 0.15) is 62.0 Å². The Morgan fingerprint density at radius 2 is 1.39 bits per heavy atom. The minimum absolute atomic E-state index is 0.0821. The van der Waals surface area contributed by atoms with Crippen molar-refractivity contribution in [2.75, 3.05) is 0 Å². The van der Waals surface area contributed by atoms with Crippen LogP contribution in [-0.4, -0.2) is 6.18 Å². The van der Waals surface area contributed by atoms with Crippen LogP contribution in [0.25, 0.3) is 11.1 Å². The van der Waals surface area contributed by atoms with Crippen molar-refractivity contribution in [1.82, 2.24) is 0 Å². The molecule has 0 aromatic heterocycles. The molecule has 0 N–H and O–H groups in total. The zero-order valence-corrected chi connectivity index (χ0v) is 21.3. The van der Waals surface area contributed by atoms with Gasteiger partial charge in [-0.15, -0.1) is 0 Å². The lowest BCUT2D eigenvalue weighted by Crippen LogP contribution is -2.14. The summed E-state index contributed by atoms with van der Waals surface area (Å²) >= 11 is 3.38. The molecule has 5 heteroatoms. The molecule has 3 rings (SSSR count). The third-order valence-electron chi connectivity index (χ3n) is 5.76. The Bertz CT molecular complexity index is 1060. The van der Waals surface area contributed by atoms with E-state index in [0.29, 0.717) is 5.75 Å². The largest absolute Gasteiger partial charge is 0.486 e. The standard InChI is InChI=1S/C28H30BrF3O/c1-18-16-24(17-19(2)26(18)21-6-10-22(11-7-21)27(3,4)5)33-25(14-15-28(30,31)32)20-8-12-23(29)13-9-20/h6-13,16-17,25H,14-15H2,1-5H3/t25-/m0/s1. The molecule has 0 heterocycles. The zero-order valence-electron chi connectivity index (χ0n) is 19.7. The molecule has 1 nitrogen and oxygen atoms in total. The quantitative estimate of drug-likeness (QED) is 0.315. The molecular weight excluding hydrogens is 489 g/mol. The predicted molar refractivity (Wildman–Crippen MR) is 133 cm³/mol. The van der Waals surface area contributed by atoms with Gasteiger partial charge in [-0.3, -0.25) is 0 Å². The van der Waals surface area contributed by atoms with Crippen molar-refractivity contribution in [3.63, 3.8) is 0 Å². The number of ether oxygens (including phenoxy) is 1. The van der Waals surface area contributed by atoms with Crippen LogP contribution in [0.3, 0.4) is 0 Å². The average Bonchev–Trinajstić information content (AvgIpc) is 2.70. The molecule has 0 bridgehead atoms. The zero-order chi connectivity index (χ0) is 24.4. The molecular formula is C28H30BrF3O. The van der Waals surface area contributed by atoms with E-state index in [-0.39, 0.29) is 11.8 Å². The molecule has 0 fully saturated rings. The Balaban J connectivity index is 1.89. The van der Waals surface area contributed by atoms with Gasteiger partial charge in [0.2, 0.25) is 0 Å². The number of hydrogen-bond donors (Lipinski definition) is 0. The minimum atomic E-state index is -4.23. The second-order valence-corrected chi connectivity index (χ2v) is 10.5. The highest BCUT2D eigenvalue weighted by Crippen LogP contribution is 2.36. The van der Waals surface area contributed by atoms with Gasteiger partial charge in [0.1, 0.15) is 11.9 Å². The van der Waals surface area contributed by atoms with Crippen LogP contribution in [0.5, 0.6) is 5.75 Å². The van der Waals surface area contributed by atoms with Gasteiger partial charge in [0, 0.05) is 10.9 Å². The van der Waals surface area contributed by atoms with E-state index in [1.807, 2.05) is 38.1 Å². The fraction of sp³-hybridized carbons (Fsp3) is 0.357. The molecule has 0 radical (unpaired) electrons. The molecule has 0 aliphatic rings. The summed E-state index contributed by atoms with van der Waals surface area (Å²) in [6.07, 6.45) is -5.95. The molecule has 0 spiro atoms. The van der Waals surface area contributed by atoms with Gasteiger partial charge in [0.15, 0.2) is 0 Å². The monoisotopic (exact) mass is 518 g/mol. The molecule has 33 heavy (non-hydrogen) atoms. The van der Waals surface area contributed by atoms with Gasteiger partial charge in [-0.05, 0) is 83.3 Å². The van der Waals surface area contributed by atoms with Crippen molar-refractivity contribution in [1.29, 1.82) is 0 Å². The highest BCUT2D eigenvalue weighted by Gasteiger charge is 2.29. The summed E-state index contributed by atoms with van der Waals surface area (Å²) in [5.41, 5.74) is 6.36. The normalized spacial score (nSPS) is 13.1. The SMILES string of the molecule is Cc1cc(O[C@@H](CCC(F)(F)F)c2ccc(Br)cc2)cc(C)c1-c1ccc(C(C)(C)C)cc1. The van der Waals surface area contributed by atoms with E-state index in [1.165, 1.54) is 5.56 Å². The lowest BCUT2D eigenvalue weighted by atomic mass is 9.85. The molecule has 176 valence electrons. The molecule has 0 saturated carbocycles. The highest BCUT2D eigenvalue weighted by atomic mass is 79.9. The van der Waals surface area contributed by atoms with Crippen LogP contribution in [0.4, 0.5) is 13.2 Å². The van der Waals surface area contributed by atoms with Crippen LogP contribution in [0.15, 0.2) is 65.1 Å². The lowest BCUT2D eigenvalue weighted by Gasteiger charge is -2.23. The van der Waals surface area contributed by atoms with Gasteiger partial charge in [0.05, 0.1) is 0 Å². The highest BCUT2D eigenvalue weighted by molar-refractivity contribution is 9.10. The second-order valence-electron chi connectivity index (χ2n) is 9.57. The first kappa shape index (κ1) is 25.4. The third kappa shape index (κ3) is 6.86. The number of halogens is 4. The summed E-state index contributed by atoms with van der Waals surface area (Å²) < 4.78 is 45.8.